The molecule has 0 aliphatic rings. The molecular formula is C19H14FN3O5S. The predicted octanol–water partition coefficient (Wildman–Crippen LogP) is 3.79. The van der Waals surface area contributed by atoms with E-state index in [4.69, 9.17) is 0 Å². The summed E-state index contributed by atoms with van der Waals surface area (Å²) in [6, 6.07) is 15.4. The van der Waals surface area contributed by atoms with Gasteiger partial charge in [-0.15, -0.1) is 0 Å². The number of nitro groups is 1. The van der Waals surface area contributed by atoms with Crippen LogP contribution >= 0.6 is 0 Å². The summed E-state index contributed by atoms with van der Waals surface area (Å²) < 4.78 is 39.9. The predicted molar refractivity (Wildman–Crippen MR) is 105 cm³/mol. The number of carbonyl (C=O) groups is 1. The van der Waals surface area contributed by atoms with Gasteiger partial charge in [-0.3, -0.25) is 19.6 Å². The zero-order valence-corrected chi connectivity index (χ0v) is 15.5. The summed E-state index contributed by atoms with van der Waals surface area (Å²) in [5.74, 6) is -1.02. The first-order chi connectivity index (χ1) is 13.7. The van der Waals surface area contributed by atoms with Gasteiger partial charge in [0.15, 0.2) is 0 Å². The Bertz CT molecular complexity index is 1150. The second-order valence-corrected chi connectivity index (χ2v) is 7.58. The van der Waals surface area contributed by atoms with E-state index in [1.807, 2.05) is 0 Å². The Morgan fingerprint density at radius 2 is 1.41 bits per heavy atom. The van der Waals surface area contributed by atoms with Crippen LogP contribution in [0.3, 0.4) is 0 Å². The number of carbonyl (C=O) groups excluding carboxylic acids is 1. The van der Waals surface area contributed by atoms with E-state index in [0.29, 0.717) is 5.69 Å². The minimum atomic E-state index is -3.88. The van der Waals surface area contributed by atoms with Crippen LogP contribution in [0.1, 0.15) is 10.4 Å². The fourth-order valence-corrected chi connectivity index (χ4v) is 3.45. The summed E-state index contributed by atoms with van der Waals surface area (Å²) in [6.45, 7) is 0. The number of non-ortho nitro benzene ring substituents is 1. The maximum Gasteiger partial charge on any atom is 0.269 e. The Morgan fingerprint density at radius 3 is 1.97 bits per heavy atom. The lowest BCUT2D eigenvalue weighted by molar-refractivity contribution is -0.384. The molecular weight excluding hydrogens is 401 g/mol. The van der Waals surface area contributed by atoms with E-state index in [9.17, 15) is 27.7 Å². The summed E-state index contributed by atoms with van der Waals surface area (Å²) >= 11 is 0. The standard InChI is InChI=1S/C19H14FN3O5S/c20-14-3-11-18(12-4-14)29(27,28)22-16-7-5-15(6-8-16)21-19(24)13-1-9-17(10-2-13)23(25)26/h1-12,22H,(H,21,24). The molecule has 3 rings (SSSR count). The molecule has 0 saturated carbocycles. The summed E-state index contributed by atoms with van der Waals surface area (Å²) in [5, 5.41) is 13.3. The van der Waals surface area contributed by atoms with Gasteiger partial charge in [-0.2, -0.15) is 0 Å². The fraction of sp³-hybridized carbons (Fsp3) is 0. The Morgan fingerprint density at radius 1 is 0.862 bits per heavy atom. The van der Waals surface area contributed by atoms with Gasteiger partial charge in [-0.05, 0) is 60.7 Å². The Balaban J connectivity index is 1.67. The van der Waals surface area contributed by atoms with Gasteiger partial charge in [0.2, 0.25) is 0 Å². The van der Waals surface area contributed by atoms with E-state index < -0.39 is 26.7 Å². The molecule has 0 aliphatic carbocycles. The van der Waals surface area contributed by atoms with Gasteiger partial charge < -0.3 is 5.32 Å². The van der Waals surface area contributed by atoms with Crippen LogP contribution in [0.5, 0.6) is 0 Å². The second-order valence-electron chi connectivity index (χ2n) is 5.89. The molecule has 29 heavy (non-hydrogen) atoms. The molecule has 3 aromatic rings. The Kier molecular flexibility index (Phi) is 5.55. The minimum absolute atomic E-state index is 0.0885. The van der Waals surface area contributed by atoms with Crippen molar-refractivity contribution >= 4 is 33.0 Å². The van der Waals surface area contributed by atoms with Crippen LogP contribution in [0.25, 0.3) is 0 Å². The van der Waals surface area contributed by atoms with Crippen molar-refractivity contribution in [2.45, 2.75) is 4.90 Å². The van der Waals surface area contributed by atoms with Crippen LogP contribution in [0.15, 0.2) is 77.7 Å². The number of anilines is 2. The molecule has 3 aromatic carbocycles. The zero-order chi connectivity index (χ0) is 21.0. The maximum atomic E-state index is 12.9. The highest BCUT2D eigenvalue weighted by molar-refractivity contribution is 7.92. The van der Waals surface area contributed by atoms with E-state index >= 15 is 0 Å². The van der Waals surface area contributed by atoms with Crippen molar-refractivity contribution in [1.82, 2.24) is 0 Å². The summed E-state index contributed by atoms with van der Waals surface area (Å²) in [5.41, 5.74) is 0.761. The molecule has 0 radical (unpaired) electrons. The van der Waals surface area contributed by atoms with Gasteiger partial charge in [-0.25, -0.2) is 12.8 Å². The first-order valence-corrected chi connectivity index (χ1v) is 9.67. The number of hydrogen-bond acceptors (Lipinski definition) is 5. The van der Waals surface area contributed by atoms with Crippen LogP contribution < -0.4 is 10.0 Å². The molecule has 0 bridgehead atoms. The highest BCUT2D eigenvalue weighted by Gasteiger charge is 2.14. The van der Waals surface area contributed by atoms with E-state index in [0.717, 1.165) is 24.3 Å². The van der Waals surface area contributed by atoms with Crippen LogP contribution in [0.2, 0.25) is 0 Å². The molecule has 2 N–H and O–H groups in total. The normalized spacial score (nSPS) is 10.9. The first-order valence-electron chi connectivity index (χ1n) is 8.19. The fourth-order valence-electron chi connectivity index (χ4n) is 2.39. The first kappa shape index (κ1) is 20.0. The van der Waals surface area contributed by atoms with Gasteiger partial charge in [0, 0.05) is 29.1 Å². The maximum absolute atomic E-state index is 12.9. The van der Waals surface area contributed by atoms with Crippen molar-refractivity contribution in [2.75, 3.05) is 10.0 Å². The van der Waals surface area contributed by atoms with Gasteiger partial charge >= 0.3 is 0 Å². The van der Waals surface area contributed by atoms with Gasteiger partial charge in [0.1, 0.15) is 5.82 Å². The number of nitrogens with zero attached hydrogens (tertiary/aromatic N) is 1. The quantitative estimate of drug-likeness (QED) is 0.469. The van der Waals surface area contributed by atoms with Crippen LogP contribution in [0.4, 0.5) is 21.5 Å². The third-order valence-electron chi connectivity index (χ3n) is 3.86. The van der Waals surface area contributed by atoms with Crippen LogP contribution in [0, 0.1) is 15.9 Å². The lowest BCUT2D eigenvalue weighted by Gasteiger charge is -2.10. The van der Waals surface area contributed by atoms with Gasteiger partial charge in [0.05, 0.1) is 9.82 Å². The van der Waals surface area contributed by atoms with Crippen LogP contribution in [-0.4, -0.2) is 19.2 Å². The van der Waals surface area contributed by atoms with Crippen LogP contribution in [-0.2, 0) is 10.0 Å². The van der Waals surface area contributed by atoms with Gasteiger partial charge in [0.25, 0.3) is 21.6 Å². The summed E-state index contributed by atoms with van der Waals surface area (Å²) in [7, 11) is -3.88. The number of nitro benzene ring substituents is 1. The number of amides is 1. The van der Waals surface area contributed by atoms with E-state index in [1.165, 1.54) is 48.5 Å². The molecule has 0 aromatic heterocycles. The van der Waals surface area contributed by atoms with E-state index in [-0.39, 0.29) is 21.8 Å². The molecule has 10 heteroatoms. The lowest BCUT2D eigenvalue weighted by Crippen LogP contribution is -2.14. The molecule has 0 saturated heterocycles. The number of rotatable bonds is 6. The molecule has 1 amide bonds. The number of benzene rings is 3. The molecule has 0 aliphatic heterocycles. The second kappa shape index (κ2) is 8.07. The number of sulfonamides is 1. The van der Waals surface area contributed by atoms with Crippen molar-refractivity contribution in [3.05, 3.63) is 94.3 Å². The SMILES string of the molecule is O=C(Nc1ccc(NS(=O)(=O)c2ccc(F)cc2)cc1)c1ccc([N+](=O)[O-])cc1. The average molecular weight is 415 g/mol. The third kappa shape index (κ3) is 4.93. The highest BCUT2D eigenvalue weighted by Crippen LogP contribution is 2.20. The Hall–Kier alpha value is -3.79. The van der Waals surface area contributed by atoms with Gasteiger partial charge in [-0.1, -0.05) is 0 Å². The Labute approximate surface area is 165 Å². The summed E-state index contributed by atoms with van der Waals surface area (Å²) in [4.78, 5) is 22.2. The largest absolute Gasteiger partial charge is 0.322 e. The minimum Gasteiger partial charge on any atom is -0.322 e. The smallest absolute Gasteiger partial charge is 0.269 e. The van der Waals surface area contributed by atoms with Crippen molar-refractivity contribution in [1.29, 1.82) is 0 Å². The zero-order valence-electron chi connectivity index (χ0n) is 14.7. The molecule has 148 valence electrons. The van der Waals surface area contributed by atoms with E-state index in [2.05, 4.69) is 10.0 Å². The van der Waals surface area contributed by atoms with Crippen molar-refractivity contribution in [3.63, 3.8) is 0 Å². The number of nitrogens with one attached hydrogen (secondary N) is 2. The molecule has 0 unspecified atom stereocenters. The topological polar surface area (TPSA) is 118 Å². The molecule has 0 fully saturated rings. The molecule has 0 heterocycles. The molecule has 0 spiro atoms. The number of hydrogen-bond donors (Lipinski definition) is 2. The van der Waals surface area contributed by atoms with Crippen molar-refractivity contribution in [2.24, 2.45) is 0 Å². The molecule has 0 atom stereocenters. The lowest BCUT2D eigenvalue weighted by atomic mass is 10.2. The average Bonchev–Trinajstić information content (AvgIpc) is 2.69. The summed E-state index contributed by atoms with van der Waals surface area (Å²) in [6.07, 6.45) is 0. The molecule has 8 nitrogen and oxygen atoms in total. The monoisotopic (exact) mass is 415 g/mol. The number of halogens is 1. The van der Waals surface area contributed by atoms with Crippen molar-refractivity contribution < 1.29 is 22.5 Å². The van der Waals surface area contributed by atoms with E-state index in [1.54, 1.807) is 0 Å². The third-order valence-corrected chi connectivity index (χ3v) is 5.26. The van der Waals surface area contributed by atoms with Crippen molar-refractivity contribution in [3.8, 4) is 0 Å². The highest BCUT2D eigenvalue weighted by atomic mass is 32.2.